The number of piperidine rings is 1. The number of aromatic nitrogens is 2. The molecule has 25 heavy (non-hydrogen) atoms. The molecule has 8 nitrogen and oxygen atoms in total. The van der Waals surface area contributed by atoms with E-state index in [9.17, 15) is 28.3 Å². The van der Waals surface area contributed by atoms with Gasteiger partial charge in [-0.15, -0.1) is 0 Å². The van der Waals surface area contributed by atoms with Crippen molar-refractivity contribution in [2.45, 2.75) is 30.8 Å². The van der Waals surface area contributed by atoms with Crippen molar-refractivity contribution in [3.8, 4) is 0 Å². The number of aliphatic hydroxyl groups is 1. The van der Waals surface area contributed by atoms with Crippen LogP contribution in [0.1, 0.15) is 29.6 Å². The maximum absolute atomic E-state index is 13.2. The smallest absolute Gasteiger partial charge is 0.325 e. The van der Waals surface area contributed by atoms with Gasteiger partial charge < -0.3 is 15.0 Å². The SMILES string of the molecule is O=C(c1c[nH]c(=O)[nH]c1=O)N1CC[C@@](O)(CN2CCC(F)(F)CC2)C1. The number of amides is 1. The van der Waals surface area contributed by atoms with Crippen molar-refractivity contribution in [1.29, 1.82) is 0 Å². The van der Waals surface area contributed by atoms with E-state index in [-0.39, 0.29) is 51.1 Å². The summed E-state index contributed by atoms with van der Waals surface area (Å²) in [5, 5.41) is 10.7. The van der Waals surface area contributed by atoms with Crippen LogP contribution in [-0.2, 0) is 0 Å². The molecule has 0 unspecified atom stereocenters. The first-order valence-corrected chi connectivity index (χ1v) is 8.11. The summed E-state index contributed by atoms with van der Waals surface area (Å²) in [7, 11) is 0. The van der Waals surface area contributed by atoms with E-state index in [0.29, 0.717) is 6.42 Å². The number of H-pyrrole nitrogens is 2. The summed E-state index contributed by atoms with van der Waals surface area (Å²) in [4.78, 5) is 42.5. The van der Waals surface area contributed by atoms with E-state index < -0.39 is 28.7 Å². The summed E-state index contributed by atoms with van der Waals surface area (Å²) in [6.45, 7) is 0.857. The molecule has 2 aliphatic heterocycles. The predicted molar refractivity (Wildman–Crippen MR) is 83.8 cm³/mol. The van der Waals surface area contributed by atoms with Crippen molar-refractivity contribution in [3.05, 3.63) is 32.6 Å². The number of hydrogen-bond donors (Lipinski definition) is 3. The molecule has 2 fully saturated rings. The van der Waals surface area contributed by atoms with E-state index in [4.69, 9.17) is 0 Å². The molecule has 1 amide bonds. The number of halogens is 2. The molecule has 1 atom stereocenters. The molecule has 10 heteroatoms. The molecule has 3 rings (SSSR count). The lowest BCUT2D eigenvalue weighted by atomic mass is 10.00. The number of aromatic amines is 2. The summed E-state index contributed by atoms with van der Waals surface area (Å²) >= 11 is 0. The van der Waals surface area contributed by atoms with Gasteiger partial charge in [0.15, 0.2) is 0 Å². The Kier molecular flexibility index (Phi) is 4.50. The molecule has 2 aliphatic rings. The van der Waals surface area contributed by atoms with Crippen LogP contribution in [0.3, 0.4) is 0 Å². The van der Waals surface area contributed by atoms with Crippen LogP contribution in [0.15, 0.2) is 15.8 Å². The Hall–Kier alpha value is -2.07. The topological polar surface area (TPSA) is 109 Å². The van der Waals surface area contributed by atoms with E-state index in [1.165, 1.54) is 4.90 Å². The average Bonchev–Trinajstić information content (AvgIpc) is 2.91. The van der Waals surface area contributed by atoms with Gasteiger partial charge in [-0.2, -0.15) is 0 Å². The fourth-order valence-electron chi connectivity index (χ4n) is 3.35. The van der Waals surface area contributed by atoms with Crippen molar-refractivity contribution < 1.29 is 18.7 Å². The number of likely N-dealkylation sites (tertiary alicyclic amines) is 2. The zero-order chi connectivity index (χ0) is 18.2. The van der Waals surface area contributed by atoms with Gasteiger partial charge in [0.1, 0.15) is 5.56 Å². The number of carbonyl (C=O) groups is 1. The normalized spacial score (nSPS) is 26.8. The maximum Gasteiger partial charge on any atom is 0.325 e. The summed E-state index contributed by atoms with van der Waals surface area (Å²) in [5.74, 6) is -3.24. The van der Waals surface area contributed by atoms with Gasteiger partial charge in [-0.05, 0) is 6.42 Å². The van der Waals surface area contributed by atoms with Crippen LogP contribution in [0.25, 0.3) is 0 Å². The zero-order valence-corrected chi connectivity index (χ0v) is 13.6. The quantitative estimate of drug-likeness (QED) is 0.667. The molecular formula is C15H20F2N4O4. The van der Waals surface area contributed by atoms with Gasteiger partial charge in [0.05, 0.1) is 12.1 Å². The number of alkyl halides is 2. The van der Waals surface area contributed by atoms with Gasteiger partial charge in [-0.3, -0.25) is 19.5 Å². The van der Waals surface area contributed by atoms with Crippen LogP contribution in [0.2, 0.25) is 0 Å². The molecule has 0 spiro atoms. The first-order valence-electron chi connectivity index (χ1n) is 8.11. The van der Waals surface area contributed by atoms with Gasteiger partial charge in [0.2, 0.25) is 0 Å². The Bertz CT molecular complexity index is 767. The highest BCUT2D eigenvalue weighted by Crippen LogP contribution is 2.30. The number of nitrogens with one attached hydrogen (secondary N) is 2. The molecule has 2 saturated heterocycles. The van der Waals surface area contributed by atoms with Gasteiger partial charge in [0.25, 0.3) is 17.4 Å². The number of carbonyl (C=O) groups excluding carboxylic acids is 1. The van der Waals surface area contributed by atoms with Crippen molar-refractivity contribution in [1.82, 2.24) is 19.8 Å². The predicted octanol–water partition coefficient (Wildman–Crippen LogP) is -0.629. The van der Waals surface area contributed by atoms with E-state index in [1.54, 1.807) is 4.90 Å². The molecule has 138 valence electrons. The van der Waals surface area contributed by atoms with Crippen LogP contribution in [-0.4, -0.2) is 75.0 Å². The Balaban J connectivity index is 1.63. The Morgan fingerprint density at radius 2 is 1.88 bits per heavy atom. The van der Waals surface area contributed by atoms with Crippen molar-refractivity contribution >= 4 is 5.91 Å². The molecule has 3 heterocycles. The van der Waals surface area contributed by atoms with Crippen molar-refractivity contribution in [2.24, 2.45) is 0 Å². The highest BCUT2D eigenvalue weighted by Gasteiger charge is 2.42. The summed E-state index contributed by atoms with van der Waals surface area (Å²) in [6.07, 6.45) is 0.872. The standard InChI is InChI=1S/C15H20F2N4O4/c16-15(17)2-4-20(5-3-15)8-14(25)1-6-21(9-14)12(23)10-7-18-13(24)19-11(10)22/h7,25H,1-6,8-9H2,(H2,18,19,22,24)/t14-/m1/s1. The van der Waals surface area contributed by atoms with E-state index in [0.717, 1.165) is 6.20 Å². The van der Waals surface area contributed by atoms with Crippen LogP contribution in [0, 0.1) is 0 Å². The Morgan fingerprint density at radius 1 is 1.20 bits per heavy atom. The molecule has 1 aromatic heterocycles. The number of rotatable bonds is 3. The van der Waals surface area contributed by atoms with Crippen LogP contribution in [0.4, 0.5) is 8.78 Å². The Morgan fingerprint density at radius 3 is 2.52 bits per heavy atom. The third-order valence-electron chi connectivity index (χ3n) is 4.77. The van der Waals surface area contributed by atoms with Crippen molar-refractivity contribution in [3.63, 3.8) is 0 Å². The highest BCUT2D eigenvalue weighted by atomic mass is 19.3. The van der Waals surface area contributed by atoms with E-state index >= 15 is 0 Å². The highest BCUT2D eigenvalue weighted by molar-refractivity contribution is 5.93. The monoisotopic (exact) mass is 358 g/mol. The molecule has 1 aromatic rings. The minimum absolute atomic E-state index is 0.0112. The minimum Gasteiger partial charge on any atom is -0.387 e. The maximum atomic E-state index is 13.2. The molecule has 0 aliphatic carbocycles. The lowest BCUT2D eigenvalue weighted by Crippen LogP contribution is -2.50. The molecule has 0 radical (unpaired) electrons. The second-order valence-corrected chi connectivity index (χ2v) is 6.82. The lowest BCUT2D eigenvalue weighted by molar-refractivity contribution is -0.0720. The third kappa shape index (κ3) is 3.96. The Labute approximate surface area is 141 Å². The van der Waals surface area contributed by atoms with E-state index in [1.807, 2.05) is 4.98 Å². The summed E-state index contributed by atoms with van der Waals surface area (Å²) in [5.41, 5.74) is -2.90. The van der Waals surface area contributed by atoms with Crippen LogP contribution >= 0.6 is 0 Å². The minimum atomic E-state index is -2.65. The van der Waals surface area contributed by atoms with Gasteiger partial charge in [-0.25, -0.2) is 13.6 Å². The molecule has 0 aromatic carbocycles. The number of nitrogens with zero attached hydrogens (tertiary/aromatic N) is 2. The van der Waals surface area contributed by atoms with Gasteiger partial charge >= 0.3 is 5.69 Å². The summed E-state index contributed by atoms with van der Waals surface area (Å²) < 4.78 is 26.4. The van der Waals surface area contributed by atoms with Crippen molar-refractivity contribution in [2.75, 3.05) is 32.7 Å². The zero-order valence-electron chi connectivity index (χ0n) is 13.6. The lowest BCUT2D eigenvalue weighted by Gasteiger charge is -2.36. The van der Waals surface area contributed by atoms with Gasteiger partial charge in [-0.1, -0.05) is 0 Å². The second kappa shape index (κ2) is 6.34. The second-order valence-electron chi connectivity index (χ2n) is 6.82. The van der Waals surface area contributed by atoms with E-state index in [2.05, 4.69) is 4.98 Å². The molecular weight excluding hydrogens is 338 g/mol. The number of hydrogen-bond acceptors (Lipinski definition) is 5. The fourth-order valence-corrected chi connectivity index (χ4v) is 3.35. The molecule has 3 N–H and O–H groups in total. The first kappa shape index (κ1) is 17.7. The van der Waals surface area contributed by atoms with Crippen LogP contribution < -0.4 is 11.2 Å². The molecule has 0 bridgehead atoms. The molecule has 0 saturated carbocycles. The number of β-amino-alcohol motifs (C(OH)–C–C–N with tert-alkyl or cyclic N) is 1. The first-order chi connectivity index (χ1) is 11.7. The fraction of sp³-hybridized carbons (Fsp3) is 0.667. The van der Waals surface area contributed by atoms with Crippen LogP contribution in [0.5, 0.6) is 0 Å². The van der Waals surface area contributed by atoms with Gasteiger partial charge in [0, 0.05) is 45.2 Å². The largest absolute Gasteiger partial charge is 0.387 e. The summed E-state index contributed by atoms with van der Waals surface area (Å²) in [6, 6.07) is 0. The third-order valence-corrected chi connectivity index (χ3v) is 4.77. The average molecular weight is 358 g/mol.